The number of aromatic nitrogens is 5. The third kappa shape index (κ3) is 6.45. The fourth-order valence-electron chi connectivity index (χ4n) is 5.50. The summed E-state index contributed by atoms with van der Waals surface area (Å²) in [6.07, 6.45) is 7.96. The van der Waals surface area contributed by atoms with Crippen LogP contribution in [0.3, 0.4) is 0 Å². The number of anilines is 1. The fourth-order valence-corrected chi connectivity index (χ4v) is 5.71. The molecule has 0 aliphatic carbocycles. The Kier molecular flexibility index (Phi) is 8.38. The van der Waals surface area contributed by atoms with E-state index in [2.05, 4.69) is 36.3 Å². The molecule has 2 aliphatic heterocycles. The minimum absolute atomic E-state index is 0.134. The van der Waals surface area contributed by atoms with Crippen LogP contribution in [0.2, 0.25) is 5.02 Å². The second-order valence-electron chi connectivity index (χ2n) is 11.2. The van der Waals surface area contributed by atoms with Gasteiger partial charge in [0.1, 0.15) is 36.0 Å². The summed E-state index contributed by atoms with van der Waals surface area (Å²) in [6.45, 7) is 4.26. The predicted molar refractivity (Wildman–Crippen MR) is 162 cm³/mol. The van der Waals surface area contributed by atoms with E-state index in [0.29, 0.717) is 78.0 Å². The monoisotopic (exact) mass is 631 g/mol. The number of carboxylic acid groups (broad SMARTS) is 1. The van der Waals surface area contributed by atoms with Crippen molar-refractivity contribution in [2.75, 3.05) is 44.3 Å². The zero-order valence-electron chi connectivity index (χ0n) is 24.4. The van der Waals surface area contributed by atoms with Gasteiger partial charge in [-0.2, -0.15) is 10.4 Å². The maximum atomic E-state index is 12.8. The minimum Gasteiger partial charge on any atom is -0.489 e. The standard InChI is InChI=1S/C30H30ClN9O5/c1-30(37-28(41)26-23(31)3-2-6-33-26)4-7-38(8-5-30)25-15-34-24(14-35-25)22-11-20(17-40-27(22)19(12-32)13-36-40)45-18-21-16-39(29(42)43)9-10-44-21/h2-3,6,11,13-15,17,21H,4-5,7-10,16,18H2,1H3,(H,37,41)(H,42,43)/t21-/m1/s1. The summed E-state index contributed by atoms with van der Waals surface area (Å²) in [4.78, 5) is 41.0. The van der Waals surface area contributed by atoms with Gasteiger partial charge in [0.15, 0.2) is 0 Å². The Labute approximate surface area is 263 Å². The molecule has 0 unspecified atom stereocenters. The number of halogens is 1. The van der Waals surface area contributed by atoms with Crippen LogP contribution >= 0.6 is 11.6 Å². The van der Waals surface area contributed by atoms with Gasteiger partial charge in [0, 0.05) is 36.9 Å². The number of pyridine rings is 2. The zero-order chi connectivity index (χ0) is 31.6. The molecule has 2 aliphatic rings. The first-order valence-corrected chi connectivity index (χ1v) is 14.7. The quantitative estimate of drug-likeness (QED) is 0.307. The Morgan fingerprint density at radius 2 is 2.04 bits per heavy atom. The van der Waals surface area contributed by atoms with Crippen molar-refractivity contribution in [3.63, 3.8) is 0 Å². The number of amides is 2. The van der Waals surface area contributed by atoms with Crippen molar-refractivity contribution in [3.05, 3.63) is 65.5 Å². The van der Waals surface area contributed by atoms with E-state index in [4.69, 9.17) is 21.1 Å². The number of hydrogen-bond acceptors (Lipinski definition) is 10. The van der Waals surface area contributed by atoms with Crippen molar-refractivity contribution in [3.8, 4) is 23.1 Å². The van der Waals surface area contributed by atoms with Crippen LogP contribution in [0.4, 0.5) is 10.6 Å². The van der Waals surface area contributed by atoms with Crippen LogP contribution < -0.4 is 15.0 Å². The lowest BCUT2D eigenvalue weighted by molar-refractivity contribution is -0.0412. The van der Waals surface area contributed by atoms with Gasteiger partial charge >= 0.3 is 6.09 Å². The van der Waals surface area contributed by atoms with E-state index in [1.54, 1.807) is 47.5 Å². The summed E-state index contributed by atoms with van der Waals surface area (Å²) >= 11 is 6.16. The van der Waals surface area contributed by atoms with Gasteiger partial charge in [0.05, 0.1) is 59.7 Å². The Hall–Kier alpha value is -5.00. The molecule has 4 aromatic heterocycles. The lowest BCUT2D eigenvalue weighted by atomic mass is 9.89. The van der Waals surface area contributed by atoms with Crippen LogP contribution in [0.1, 0.15) is 35.8 Å². The van der Waals surface area contributed by atoms with E-state index in [1.807, 2.05) is 6.92 Å². The van der Waals surface area contributed by atoms with Crippen molar-refractivity contribution < 1.29 is 24.2 Å². The molecule has 0 aromatic carbocycles. The van der Waals surface area contributed by atoms with E-state index < -0.39 is 17.7 Å². The Morgan fingerprint density at radius 3 is 2.76 bits per heavy atom. The molecule has 4 aromatic rings. The summed E-state index contributed by atoms with van der Waals surface area (Å²) in [5.74, 6) is 0.842. The van der Waals surface area contributed by atoms with Crippen LogP contribution in [0.25, 0.3) is 16.8 Å². The number of nitriles is 1. The molecule has 6 rings (SSSR count). The molecule has 0 saturated carbocycles. The summed E-state index contributed by atoms with van der Waals surface area (Å²) < 4.78 is 13.2. The van der Waals surface area contributed by atoms with E-state index >= 15 is 0 Å². The second kappa shape index (κ2) is 12.5. The summed E-state index contributed by atoms with van der Waals surface area (Å²) in [6, 6.07) is 7.26. The first-order valence-electron chi connectivity index (χ1n) is 14.4. The number of carbonyl (C=O) groups excluding carboxylic acids is 1. The van der Waals surface area contributed by atoms with Crippen molar-refractivity contribution in [1.82, 2.24) is 34.8 Å². The third-order valence-electron chi connectivity index (χ3n) is 8.05. The zero-order valence-corrected chi connectivity index (χ0v) is 25.1. The summed E-state index contributed by atoms with van der Waals surface area (Å²) in [5.41, 5.74) is 1.85. The fraction of sp³-hybridized carbons (Fsp3) is 0.367. The van der Waals surface area contributed by atoms with Gasteiger partial charge in [-0.15, -0.1) is 0 Å². The van der Waals surface area contributed by atoms with Crippen LogP contribution in [-0.2, 0) is 4.74 Å². The van der Waals surface area contributed by atoms with Crippen molar-refractivity contribution in [1.29, 1.82) is 5.26 Å². The number of rotatable bonds is 7. The topological polar surface area (TPSA) is 171 Å². The second-order valence-corrected chi connectivity index (χ2v) is 11.6. The van der Waals surface area contributed by atoms with Crippen molar-refractivity contribution in [2.45, 2.75) is 31.4 Å². The molecular formula is C30H30ClN9O5. The van der Waals surface area contributed by atoms with Crippen LogP contribution in [-0.4, -0.2) is 97.6 Å². The number of ether oxygens (including phenoxy) is 2. The average molecular weight is 632 g/mol. The number of nitrogens with zero attached hydrogens (tertiary/aromatic N) is 8. The molecule has 1 atom stereocenters. The van der Waals surface area contributed by atoms with Crippen LogP contribution in [0.5, 0.6) is 5.75 Å². The van der Waals surface area contributed by atoms with Gasteiger partial charge < -0.3 is 29.7 Å². The van der Waals surface area contributed by atoms with E-state index in [-0.39, 0.29) is 24.8 Å². The number of fused-ring (bicyclic) bond motifs is 1. The lowest BCUT2D eigenvalue weighted by Gasteiger charge is -2.40. The normalized spacial score (nSPS) is 17.9. The first kappa shape index (κ1) is 30.0. The summed E-state index contributed by atoms with van der Waals surface area (Å²) in [7, 11) is 0. The number of nitrogens with one attached hydrogen (secondary N) is 1. The van der Waals surface area contributed by atoms with Crippen LogP contribution in [0.15, 0.2) is 49.2 Å². The highest BCUT2D eigenvalue weighted by Gasteiger charge is 2.33. The van der Waals surface area contributed by atoms with E-state index in [9.17, 15) is 20.0 Å². The average Bonchev–Trinajstić information content (AvgIpc) is 3.47. The molecule has 14 nitrogen and oxygen atoms in total. The van der Waals surface area contributed by atoms with Crippen molar-refractivity contribution >= 4 is 34.9 Å². The number of morpholine rings is 1. The van der Waals surface area contributed by atoms with Gasteiger partial charge in [0.2, 0.25) is 0 Å². The molecule has 2 saturated heterocycles. The molecule has 45 heavy (non-hydrogen) atoms. The molecule has 15 heteroatoms. The molecule has 2 amide bonds. The predicted octanol–water partition coefficient (Wildman–Crippen LogP) is 3.26. The van der Waals surface area contributed by atoms with Gasteiger partial charge in [-0.05, 0) is 38.0 Å². The molecular weight excluding hydrogens is 602 g/mol. The molecule has 0 spiro atoms. The first-order chi connectivity index (χ1) is 21.7. The SMILES string of the molecule is CC1(NC(=O)c2ncccc2Cl)CCN(c2cnc(-c3cc(OC[C@H]4CN(C(=O)O)CCO4)cn4ncc(C#N)c34)cn2)CC1. The molecule has 0 radical (unpaired) electrons. The highest BCUT2D eigenvalue weighted by molar-refractivity contribution is 6.33. The van der Waals surface area contributed by atoms with E-state index in [1.165, 1.54) is 11.1 Å². The summed E-state index contributed by atoms with van der Waals surface area (Å²) in [5, 5.41) is 26.7. The smallest absolute Gasteiger partial charge is 0.407 e. The Bertz CT molecular complexity index is 1770. The molecule has 2 fully saturated rings. The van der Waals surface area contributed by atoms with Crippen LogP contribution in [0, 0.1) is 11.3 Å². The Balaban J connectivity index is 1.15. The highest BCUT2D eigenvalue weighted by atomic mass is 35.5. The maximum absolute atomic E-state index is 12.8. The number of carbonyl (C=O) groups is 2. The maximum Gasteiger partial charge on any atom is 0.407 e. The highest BCUT2D eigenvalue weighted by Crippen LogP contribution is 2.31. The molecule has 6 heterocycles. The van der Waals surface area contributed by atoms with Gasteiger partial charge in [-0.1, -0.05) is 11.6 Å². The number of piperidine rings is 1. The molecule has 2 N–H and O–H groups in total. The van der Waals surface area contributed by atoms with Gasteiger partial charge in [-0.25, -0.2) is 19.3 Å². The van der Waals surface area contributed by atoms with Gasteiger partial charge in [0.25, 0.3) is 5.91 Å². The lowest BCUT2D eigenvalue weighted by Crippen LogP contribution is -2.53. The van der Waals surface area contributed by atoms with Gasteiger partial charge in [-0.3, -0.25) is 9.78 Å². The molecule has 232 valence electrons. The minimum atomic E-state index is -0.995. The van der Waals surface area contributed by atoms with Crippen molar-refractivity contribution in [2.24, 2.45) is 0 Å². The number of hydrogen-bond donors (Lipinski definition) is 2. The Morgan fingerprint density at radius 1 is 1.22 bits per heavy atom. The largest absolute Gasteiger partial charge is 0.489 e. The molecule has 0 bridgehead atoms. The third-order valence-corrected chi connectivity index (χ3v) is 8.35. The van der Waals surface area contributed by atoms with E-state index in [0.717, 1.165) is 0 Å².